The van der Waals surface area contributed by atoms with Gasteiger partial charge in [0.2, 0.25) is 0 Å². The molecule has 0 aliphatic heterocycles. The molecule has 0 radical (unpaired) electrons. The van der Waals surface area contributed by atoms with E-state index in [-0.39, 0.29) is 5.91 Å². The Hall–Kier alpha value is -1.51. The molecular formula is C18H26N2O. The smallest absolute Gasteiger partial charge is 0.251 e. The fraction of sp³-hybridized carbons (Fsp3) is 0.611. The first-order valence-electron chi connectivity index (χ1n) is 8.35. The molecule has 3 rings (SSSR count). The van der Waals surface area contributed by atoms with Crippen LogP contribution in [0.15, 0.2) is 24.3 Å². The van der Waals surface area contributed by atoms with Crippen LogP contribution in [0.4, 0.5) is 5.69 Å². The highest BCUT2D eigenvalue weighted by Gasteiger charge is 2.31. The number of carbonyl (C=O) groups excluding carboxylic acids is 1. The lowest BCUT2D eigenvalue weighted by Crippen LogP contribution is -2.34. The molecule has 3 atom stereocenters. The molecule has 114 valence electrons. The summed E-state index contributed by atoms with van der Waals surface area (Å²) >= 11 is 0. The van der Waals surface area contributed by atoms with Gasteiger partial charge >= 0.3 is 0 Å². The summed E-state index contributed by atoms with van der Waals surface area (Å²) in [5.41, 5.74) is 1.86. The van der Waals surface area contributed by atoms with Gasteiger partial charge in [-0.1, -0.05) is 25.7 Å². The Kier molecular flexibility index (Phi) is 4.47. The highest BCUT2D eigenvalue weighted by Crippen LogP contribution is 2.41. The van der Waals surface area contributed by atoms with Crippen LogP contribution in [0.2, 0.25) is 0 Å². The maximum Gasteiger partial charge on any atom is 0.251 e. The molecule has 0 saturated heterocycles. The average Bonchev–Trinajstić information content (AvgIpc) is 2.55. The highest BCUT2D eigenvalue weighted by atomic mass is 16.1. The molecule has 3 unspecified atom stereocenters. The molecule has 2 fully saturated rings. The Morgan fingerprint density at radius 1 is 1.00 bits per heavy atom. The van der Waals surface area contributed by atoms with Gasteiger partial charge in [-0.25, -0.2) is 0 Å². The van der Waals surface area contributed by atoms with Crippen molar-refractivity contribution in [3.63, 3.8) is 0 Å². The number of fused-ring (bicyclic) bond motifs is 1. The van der Waals surface area contributed by atoms with Crippen molar-refractivity contribution in [2.75, 3.05) is 12.4 Å². The molecule has 2 saturated carbocycles. The molecule has 1 aromatic rings. The summed E-state index contributed by atoms with van der Waals surface area (Å²) in [4.78, 5) is 11.5. The Morgan fingerprint density at radius 3 is 2.43 bits per heavy atom. The minimum atomic E-state index is -0.0238. The largest absolute Gasteiger partial charge is 0.382 e. The number of amides is 1. The second kappa shape index (κ2) is 6.50. The normalized spacial score (nSPS) is 28.5. The molecule has 2 aliphatic carbocycles. The zero-order valence-electron chi connectivity index (χ0n) is 12.9. The predicted molar refractivity (Wildman–Crippen MR) is 86.5 cm³/mol. The summed E-state index contributed by atoms with van der Waals surface area (Å²) in [6.07, 6.45) is 9.75. The van der Waals surface area contributed by atoms with Gasteiger partial charge in [-0.3, -0.25) is 4.79 Å². The van der Waals surface area contributed by atoms with Crippen LogP contribution in [0.3, 0.4) is 0 Å². The van der Waals surface area contributed by atoms with E-state index in [0.29, 0.717) is 6.04 Å². The number of anilines is 1. The lowest BCUT2D eigenvalue weighted by Gasteiger charge is -2.39. The van der Waals surface area contributed by atoms with Crippen molar-refractivity contribution in [2.24, 2.45) is 11.8 Å². The molecule has 0 bridgehead atoms. The van der Waals surface area contributed by atoms with E-state index in [1.165, 1.54) is 44.9 Å². The van der Waals surface area contributed by atoms with Crippen LogP contribution in [0, 0.1) is 11.8 Å². The maximum atomic E-state index is 11.5. The third-order valence-corrected chi connectivity index (χ3v) is 5.28. The molecule has 1 aromatic carbocycles. The monoisotopic (exact) mass is 286 g/mol. The first kappa shape index (κ1) is 14.4. The van der Waals surface area contributed by atoms with Gasteiger partial charge in [0.05, 0.1) is 0 Å². The lowest BCUT2D eigenvalue weighted by atomic mass is 9.69. The van der Waals surface area contributed by atoms with Gasteiger partial charge in [0, 0.05) is 24.3 Å². The Morgan fingerprint density at radius 2 is 1.71 bits per heavy atom. The molecule has 0 heterocycles. The van der Waals surface area contributed by atoms with Crippen molar-refractivity contribution in [1.29, 1.82) is 0 Å². The third-order valence-electron chi connectivity index (χ3n) is 5.28. The quantitative estimate of drug-likeness (QED) is 0.887. The Bertz CT molecular complexity index is 482. The molecule has 0 aromatic heterocycles. The molecule has 1 amide bonds. The number of carbonyl (C=O) groups is 1. The summed E-state index contributed by atoms with van der Waals surface area (Å²) < 4.78 is 0. The van der Waals surface area contributed by atoms with Gasteiger partial charge in [-0.05, 0) is 55.4 Å². The fourth-order valence-corrected chi connectivity index (χ4v) is 4.10. The summed E-state index contributed by atoms with van der Waals surface area (Å²) in [6.45, 7) is 0. The molecule has 0 spiro atoms. The summed E-state index contributed by atoms with van der Waals surface area (Å²) in [5, 5.41) is 6.32. The summed E-state index contributed by atoms with van der Waals surface area (Å²) in [6, 6.07) is 8.45. The van der Waals surface area contributed by atoms with Gasteiger partial charge in [0.1, 0.15) is 0 Å². The third kappa shape index (κ3) is 3.39. The zero-order chi connectivity index (χ0) is 14.7. The lowest BCUT2D eigenvalue weighted by molar-refractivity contribution is 0.0963. The van der Waals surface area contributed by atoms with Crippen LogP contribution in [-0.2, 0) is 0 Å². The zero-order valence-corrected chi connectivity index (χ0v) is 12.9. The van der Waals surface area contributed by atoms with Crippen molar-refractivity contribution < 1.29 is 4.79 Å². The first-order chi connectivity index (χ1) is 10.3. The van der Waals surface area contributed by atoms with Crippen LogP contribution >= 0.6 is 0 Å². The predicted octanol–water partition coefficient (Wildman–Crippen LogP) is 3.82. The summed E-state index contributed by atoms with van der Waals surface area (Å²) in [7, 11) is 1.66. The SMILES string of the molecule is CNC(=O)c1ccc(NC2CCC3CCCCC3C2)cc1. The van der Waals surface area contributed by atoms with Gasteiger partial charge in [0.15, 0.2) is 0 Å². The number of benzene rings is 1. The van der Waals surface area contributed by atoms with E-state index in [4.69, 9.17) is 0 Å². The van der Waals surface area contributed by atoms with Crippen molar-refractivity contribution in [1.82, 2.24) is 5.32 Å². The minimum Gasteiger partial charge on any atom is -0.382 e. The van der Waals surface area contributed by atoms with E-state index in [9.17, 15) is 4.79 Å². The molecule has 2 aliphatic rings. The molecule has 2 N–H and O–H groups in total. The van der Waals surface area contributed by atoms with Crippen molar-refractivity contribution in [3.05, 3.63) is 29.8 Å². The van der Waals surface area contributed by atoms with Gasteiger partial charge in [0.25, 0.3) is 5.91 Å². The molecular weight excluding hydrogens is 260 g/mol. The second-order valence-corrected chi connectivity index (χ2v) is 6.62. The molecule has 3 nitrogen and oxygen atoms in total. The number of hydrogen-bond donors (Lipinski definition) is 2. The van der Waals surface area contributed by atoms with Gasteiger partial charge in [-0.15, -0.1) is 0 Å². The minimum absolute atomic E-state index is 0.0238. The molecule has 21 heavy (non-hydrogen) atoms. The topological polar surface area (TPSA) is 41.1 Å². The van der Waals surface area contributed by atoms with Crippen molar-refractivity contribution in [3.8, 4) is 0 Å². The Labute approximate surface area is 127 Å². The number of hydrogen-bond acceptors (Lipinski definition) is 2. The maximum absolute atomic E-state index is 11.5. The molecule has 3 heteroatoms. The van der Waals surface area contributed by atoms with Crippen LogP contribution in [0.25, 0.3) is 0 Å². The van der Waals surface area contributed by atoms with Crippen LogP contribution < -0.4 is 10.6 Å². The van der Waals surface area contributed by atoms with E-state index < -0.39 is 0 Å². The number of rotatable bonds is 3. The van der Waals surface area contributed by atoms with E-state index in [2.05, 4.69) is 10.6 Å². The van der Waals surface area contributed by atoms with Gasteiger partial charge in [-0.2, -0.15) is 0 Å². The van der Waals surface area contributed by atoms with E-state index in [1.54, 1.807) is 7.05 Å². The van der Waals surface area contributed by atoms with Crippen molar-refractivity contribution >= 4 is 11.6 Å². The summed E-state index contributed by atoms with van der Waals surface area (Å²) in [5.74, 6) is 1.91. The van der Waals surface area contributed by atoms with E-state index in [1.807, 2.05) is 24.3 Å². The van der Waals surface area contributed by atoms with Crippen LogP contribution in [-0.4, -0.2) is 19.0 Å². The fourth-order valence-electron chi connectivity index (χ4n) is 4.10. The van der Waals surface area contributed by atoms with E-state index >= 15 is 0 Å². The number of nitrogens with one attached hydrogen (secondary N) is 2. The standard InChI is InChI=1S/C18H26N2O/c1-19-18(21)14-7-9-16(10-8-14)20-17-11-6-13-4-2-3-5-15(13)12-17/h7-10,13,15,17,20H,2-6,11-12H2,1H3,(H,19,21). The first-order valence-corrected chi connectivity index (χ1v) is 8.35. The highest BCUT2D eigenvalue weighted by molar-refractivity contribution is 5.94. The van der Waals surface area contributed by atoms with Crippen LogP contribution in [0.1, 0.15) is 55.3 Å². The van der Waals surface area contributed by atoms with E-state index in [0.717, 1.165) is 23.1 Å². The Balaban J connectivity index is 1.58. The van der Waals surface area contributed by atoms with Gasteiger partial charge < -0.3 is 10.6 Å². The second-order valence-electron chi connectivity index (χ2n) is 6.62. The van der Waals surface area contributed by atoms with Crippen LogP contribution in [0.5, 0.6) is 0 Å². The van der Waals surface area contributed by atoms with Crippen molar-refractivity contribution in [2.45, 2.75) is 51.0 Å². The average molecular weight is 286 g/mol.